The Balaban J connectivity index is 3.14. The molecule has 0 fully saturated rings. The molecular formula is C14H26N4O2S. The average molecular weight is 314 g/mol. The second-order valence-electron chi connectivity index (χ2n) is 5.95. The Morgan fingerprint density at radius 1 is 1.14 bits per heavy atom. The molecule has 7 heteroatoms. The van der Waals surface area contributed by atoms with Crippen molar-refractivity contribution in [2.75, 3.05) is 44.4 Å². The van der Waals surface area contributed by atoms with E-state index in [9.17, 15) is 8.42 Å². The third kappa shape index (κ3) is 5.91. The Morgan fingerprint density at radius 3 is 2.24 bits per heavy atom. The second kappa shape index (κ2) is 7.11. The van der Waals surface area contributed by atoms with Gasteiger partial charge in [-0.3, -0.25) is 0 Å². The van der Waals surface area contributed by atoms with Crippen LogP contribution in [-0.4, -0.2) is 47.0 Å². The van der Waals surface area contributed by atoms with Gasteiger partial charge in [-0.2, -0.15) is 0 Å². The summed E-state index contributed by atoms with van der Waals surface area (Å²) in [4.78, 5) is 4.27. The summed E-state index contributed by atoms with van der Waals surface area (Å²) in [6, 6.07) is 4.76. The van der Waals surface area contributed by atoms with Gasteiger partial charge in [-0.05, 0) is 38.2 Å². The van der Waals surface area contributed by atoms with Crippen LogP contribution in [0.15, 0.2) is 23.1 Å². The molecule has 0 aliphatic rings. The number of nitrogens with zero attached hydrogens (tertiary/aromatic N) is 2. The predicted octanol–water partition coefficient (Wildman–Crippen LogP) is 0.940. The highest BCUT2D eigenvalue weighted by molar-refractivity contribution is 7.89. The molecule has 120 valence electrons. The first-order chi connectivity index (χ1) is 9.59. The minimum atomic E-state index is -3.76. The molecule has 0 unspecified atom stereocenters. The van der Waals surface area contributed by atoms with Crippen molar-refractivity contribution in [2.24, 2.45) is 11.1 Å². The molecule has 0 aromatic heterocycles. The Kier molecular flexibility index (Phi) is 6.00. The topological polar surface area (TPSA) is 92.7 Å². The molecule has 6 nitrogen and oxygen atoms in total. The molecule has 0 aliphatic heterocycles. The molecule has 0 saturated heterocycles. The van der Waals surface area contributed by atoms with Gasteiger partial charge in [0, 0.05) is 31.0 Å². The third-order valence-electron chi connectivity index (χ3n) is 3.01. The van der Waals surface area contributed by atoms with Crippen molar-refractivity contribution < 1.29 is 8.42 Å². The quantitative estimate of drug-likeness (QED) is 0.731. The van der Waals surface area contributed by atoms with Gasteiger partial charge in [-0.15, -0.1) is 0 Å². The molecule has 4 N–H and O–H groups in total. The maximum absolute atomic E-state index is 11.5. The van der Waals surface area contributed by atoms with Crippen LogP contribution in [0.5, 0.6) is 0 Å². The summed E-state index contributed by atoms with van der Waals surface area (Å²) in [6.07, 6.45) is 0. The van der Waals surface area contributed by atoms with Gasteiger partial charge in [0.1, 0.15) is 0 Å². The second-order valence-corrected chi connectivity index (χ2v) is 7.51. The SMILES string of the molecule is CC(C)CN(CCN(C)C)c1cc(N)cc(S(N)(=O)=O)c1. The number of sulfonamides is 1. The molecule has 0 saturated carbocycles. The van der Waals surface area contributed by atoms with Gasteiger partial charge in [0.25, 0.3) is 0 Å². The number of likely N-dealkylation sites (N-methyl/N-ethyl adjacent to an activating group) is 1. The van der Waals surface area contributed by atoms with Gasteiger partial charge < -0.3 is 15.5 Å². The van der Waals surface area contributed by atoms with E-state index in [0.29, 0.717) is 11.6 Å². The highest BCUT2D eigenvalue weighted by Crippen LogP contribution is 2.24. The van der Waals surface area contributed by atoms with Crippen molar-refractivity contribution in [3.63, 3.8) is 0 Å². The Morgan fingerprint density at radius 2 is 1.76 bits per heavy atom. The fourth-order valence-corrected chi connectivity index (χ4v) is 2.63. The van der Waals surface area contributed by atoms with E-state index in [2.05, 4.69) is 23.6 Å². The molecule has 0 bridgehead atoms. The normalized spacial score (nSPS) is 12.1. The monoisotopic (exact) mass is 314 g/mol. The zero-order valence-corrected chi connectivity index (χ0v) is 14.0. The molecule has 1 rings (SSSR count). The first kappa shape index (κ1) is 17.7. The van der Waals surface area contributed by atoms with E-state index in [1.54, 1.807) is 12.1 Å². The lowest BCUT2D eigenvalue weighted by Gasteiger charge is -2.28. The summed E-state index contributed by atoms with van der Waals surface area (Å²) in [5, 5.41) is 5.21. The molecule has 0 atom stereocenters. The summed E-state index contributed by atoms with van der Waals surface area (Å²) in [5.41, 5.74) is 7.01. The van der Waals surface area contributed by atoms with Gasteiger partial charge in [0.05, 0.1) is 4.90 Å². The van der Waals surface area contributed by atoms with Gasteiger partial charge in [-0.1, -0.05) is 13.8 Å². The van der Waals surface area contributed by atoms with Crippen LogP contribution in [0.25, 0.3) is 0 Å². The van der Waals surface area contributed by atoms with Crippen molar-refractivity contribution in [3.8, 4) is 0 Å². The zero-order valence-electron chi connectivity index (χ0n) is 13.2. The maximum Gasteiger partial charge on any atom is 0.238 e. The summed E-state index contributed by atoms with van der Waals surface area (Å²) in [5.74, 6) is 0.450. The molecule has 0 heterocycles. The van der Waals surface area contributed by atoms with Crippen LogP contribution in [0.4, 0.5) is 11.4 Å². The fourth-order valence-electron chi connectivity index (χ4n) is 2.04. The van der Waals surface area contributed by atoms with Crippen molar-refractivity contribution >= 4 is 21.4 Å². The van der Waals surface area contributed by atoms with Crippen molar-refractivity contribution in [1.29, 1.82) is 0 Å². The number of rotatable bonds is 7. The summed E-state index contributed by atoms with van der Waals surface area (Å²) < 4.78 is 23.1. The molecule has 0 spiro atoms. The van der Waals surface area contributed by atoms with Crippen molar-refractivity contribution in [1.82, 2.24) is 4.90 Å². The lowest BCUT2D eigenvalue weighted by atomic mass is 10.1. The molecule has 0 aliphatic carbocycles. The van der Waals surface area contributed by atoms with E-state index in [4.69, 9.17) is 10.9 Å². The van der Waals surface area contributed by atoms with Crippen LogP contribution < -0.4 is 15.8 Å². The number of hydrogen-bond acceptors (Lipinski definition) is 5. The van der Waals surface area contributed by atoms with E-state index >= 15 is 0 Å². The van der Waals surface area contributed by atoms with E-state index in [-0.39, 0.29) is 4.90 Å². The fraction of sp³-hybridized carbons (Fsp3) is 0.571. The first-order valence-corrected chi connectivity index (χ1v) is 8.47. The van der Waals surface area contributed by atoms with Gasteiger partial charge >= 0.3 is 0 Å². The van der Waals surface area contributed by atoms with E-state index in [1.807, 2.05) is 14.1 Å². The number of nitrogens with two attached hydrogens (primary N) is 2. The van der Waals surface area contributed by atoms with E-state index in [0.717, 1.165) is 25.3 Å². The minimum absolute atomic E-state index is 0.0520. The molecule has 21 heavy (non-hydrogen) atoms. The molecular weight excluding hydrogens is 288 g/mol. The van der Waals surface area contributed by atoms with Crippen LogP contribution in [-0.2, 0) is 10.0 Å². The maximum atomic E-state index is 11.5. The van der Waals surface area contributed by atoms with Crippen LogP contribution >= 0.6 is 0 Å². The first-order valence-electron chi connectivity index (χ1n) is 6.92. The van der Waals surface area contributed by atoms with E-state index < -0.39 is 10.0 Å². The molecule has 0 amide bonds. The highest BCUT2D eigenvalue weighted by atomic mass is 32.2. The average Bonchev–Trinajstić information content (AvgIpc) is 2.32. The van der Waals surface area contributed by atoms with Gasteiger partial charge in [-0.25, -0.2) is 13.6 Å². The largest absolute Gasteiger partial charge is 0.399 e. The lowest BCUT2D eigenvalue weighted by Crippen LogP contribution is -2.34. The van der Waals surface area contributed by atoms with Crippen molar-refractivity contribution in [2.45, 2.75) is 18.7 Å². The number of anilines is 2. The summed E-state index contributed by atoms with van der Waals surface area (Å²) in [7, 11) is 0.247. The molecule has 0 radical (unpaired) electrons. The number of hydrogen-bond donors (Lipinski definition) is 2. The van der Waals surface area contributed by atoms with E-state index in [1.165, 1.54) is 6.07 Å². The zero-order chi connectivity index (χ0) is 16.2. The molecule has 1 aromatic carbocycles. The summed E-state index contributed by atoms with van der Waals surface area (Å²) >= 11 is 0. The highest BCUT2D eigenvalue weighted by Gasteiger charge is 2.15. The number of primary sulfonamides is 1. The number of nitrogen functional groups attached to an aromatic ring is 1. The van der Waals surface area contributed by atoms with Crippen LogP contribution in [0.3, 0.4) is 0 Å². The van der Waals surface area contributed by atoms with Gasteiger partial charge in [0.15, 0.2) is 0 Å². The van der Waals surface area contributed by atoms with Crippen molar-refractivity contribution in [3.05, 3.63) is 18.2 Å². The third-order valence-corrected chi connectivity index (χ3v) is 3.90. The van der Waals surface area contributed by atoms with Crippen LogP contribution in [0.2, 0.25) is 0 Å². The van der Waals surface area contributed by atoms with Crippen LogP contribution in [0.1, 0.15) is 13.8 Å². The molecule has 1 aromatic rings. The predicted molar refractivity (Wildman–Crippen MR) is 87.8 cm³/mol. The Labute approximate surface area is 127 Å². The summed E-state index contributed by atoms with van der Waals surface area (Å²) in [6.45, 7) is 6.72. The van der Waals surface area contributed by atoms with Gasteiger partial charge in [0.2, 0.25) is 10.0 Å². The Hall–Kier alpha value is -1.31. The van der Waals surface area contributed by atoms with Crippen LogP contribution in [0, 0.1) is 5.92 Å². The lowest BCUT2D eigenvalue weighted by molar-refractivity contribution is 0.409. The Bertz CT molecular complexity index is 570. The minimum Gasteiger partial charge on any atom is -0.399 e. The smallest absolute Gasteiger partial charge is 0.238 e. The standard InChI is InChI=1S/C14H26N4O2S/c1-11(2)10-18(6-5-17(3)4)13-7-12(15)8-14(9-13)21(16,19)20/h7-9,11H,5-6,10,15H2,1-4H3,(H2,16,19,20). The number of benzene rings is 1.